The van der Waals surface area contributed by atoms with E-state index in [-0.39, 0.29) is 0 Å². The van der Waals surface area contributed by atoms with Crippen molar-refractivity contribution in [3.8, 4) is 0 Å². The van der Waals surface area contributed by atoms with Gasteiger partial charge in [-0.25, -0.2) is 4.79 Å². The molecule has 24 heavy (non-hydrogen) atoms. The summed E-state index contributed by atoms with van der Waals surface area (Å²) >= 11 is 4.20. The summed E-state index contributed by atoms with van der Waals surface area (Å²) in [5.41, 5.74) is 0. The van der Waals surface area contributed by atoms with E-state index in [4.69, 9.17) is 5.11 Å². The van der Waals surface area contributed by atoms with Crippen LogP contribution in [0, 0.1) is 11.8 Å². The van der Waals surface area contributed by atoms with E-state index in [1.165, 1.54) is 67.6 Å². The van der Waals surface area contributed by atoms with Crippen molar-refractivity contribution in [3.63, 3.8) is 0 Å². The first-order chi connectivity index (χ1) is 11.7. The Labute approximate surface area is 156 Å². The molecular formula is C20H34O2S2. The van der Waals surface area contributed by atoms with Gasteiger partial charge in [0.1, 0.15) is 0 Å². The van der Waals surface area contributed by atoms with Crippen LogP contribution in [0.3, 0.4) is 0 Å². The molecule has 0 aliphatic carbocycles. The molecule has 2 atom stereocenters. The molecule has 0 aromatic carbocycles. The molecule has 0 aromatic rings. The Balaban J connectivity index is 2.04. The van der Waals surface area contributed by atoms with E-state index in [0.29, 0.717) is 0 Å². The molecule has 1 saturated heterocycles. The first-order valence-corrected chi connectivity index (χ1v) is 11.7. The second kappa shape index (κ2) is 14.9. The van der Waals surface area contributed by atoms with Crippen LogP contribution in [-0.2, 0) is 4.79 Å². The Morgan fingerprint density at radius 2 is 1.83 bits per heavy atom. The highest BCUT2D eigenvalue weighted by Gasteiger charge is 2.26. The number of aliphatic carboxylic acids is 1. The summed E-state index contributed by atoms with van der Waals surface area (Å²) in [6, 6.07) is 0. The zero-order valence-corrected chi connectivity index (χ0v) is 16.8. The van der Waals surface area contributed by atoms with Gasteiger partial charge < -0.3 is 5.11 Å². The highest BCUT2D eigenvalue weighted by molar-refractivity contribution is 7.99. The Morgan fingerprint density at radius 1 is 1.08 bits per heavy atom. The predicted molar refractivity (Wildman–Crippen MR) is 110 cm³/mol. The fraction of sp³-hybridized carbons (Fsp3) is 0.750. The highest BCUT2D eigenvalue weighted by Crippen LogP contribution is 2.36. The quantitative estimate of drug-likeness (QED) is 0.230. The normalized spacial score (nSPS) is 21.2. The van der Waals surface area contributed by atoms with Crippen molar-refractivity contribution in [1.82, 2.24) is 0 Å². The standard InChI is InChI=1S/C20H34O2S2/c1-2-3-4-7-10-14-23-15-13-19-17-24-16-18(19)11-8-5-6-9-12-20(21)22/h7,9-10,12,18-19H,2-6,8,11,13-17H2,1H3,(H,21,22)/b10-7+,12-9+. The Hall–Kier alpha value is -0.350. The van der Waals surface area contributed by atoms with Crippen molar-refractivity contribution in [3.05, 3.63) is 24.3 Å². The summed E-state index contributed by atoms with van der Waals surface area (Å²) in [7, 11) is 0. The molecule has 0 amide bonds. The smallest absolute Gasteiger partial charge is 0.327 e. The van der Waals surface area contributed by atoms with E-state index >= 15 is 0 Å². The Morgan fingerprint density at radius 3 is 2.58 bits per heavy atom. The number of hydrogen-bond acceptors (Lipinski definition) is 3. The van der Waals surface area contributed by atoms with Crippen LogP contribution < -0.4 is 0 Å². The van der Waals surface area contributed by atoms with Crippen molar-refractivity contribution in [2.24, 2.45) is 11.8 Å². The van der Waals surface area contributed by atoms with Gasteiger partial charge in [0.25, 0.3) is 0 Å². The van der Waals surface area contributed by atoms with Gasteiger partial charge in [0.15, 0.2) is 0 Å². The Kier molecular flexibility index (Phi) is 13.5. The van der Waals surface area contributed by atoms with E-state index in [1.807, 2.05) is 0 Å². The van der Waals surface area contributed by atoms with Gasteiger partial charge in [0.2, 0.25) is 0 Å². The topological polar surface area (TPSA) is 37.3 Å². The average Bonchev–Trinajstić information content (AvgIpc) is 3.00. The number of hydrogen-bond donors (Lipinski definition) is 1. The highest BCUT2D eigenvalue weighted by atomic mass is 32.2. The summed E-state index contributed by atoms with van der Waals surface area (Å²) < 4.78 is 0. The van der Waals surface area contributed by atoms with Gasteiger partial charge in [-0.3, -0.25) is 0 Å². The summed E-state index contributed by atoms with van der Waals surface area (Å²) in [4.78, 5) is 10.4. The van der Waals surface area contributed by atoms with E-state index < -0.39 is 5.97 Å². The maximum Gasteiger partial charge on any atom is 0.327 e. The minimum absolute atomic E-state index is 0.833. The zero-order chi connectivity index (χ0) is 17.5. The molecular weight excluding hydrogens is 336 g/mol. The monoisotopic (exact) mass is 370 g/mol. The predicted octanol–water partition coefficient (Wildman–Crippen LogP) is 6.04. The first-order valence-electron chi connectivity index (χ1n) is 9.44. The van der Waals surface area contributed by atoms with Crippen molar-refractivity contribution < 1.29 is 9.90 Å². The zero-order valence-electron chi connectivity index (χ0n) is 15.1. The molecule has 1 fully saturated rings. The van der Waals surface area contributed by atoms with Gasteiger partial charge in [-0.15, -0.1) is 0 Å². The lowest BCUT2D eigenvalue weighted by Crippen LogP contribution is -2.13. The lowest BCUT2D eigenvalue weighted by atomic mass is 9.89. The molecule has 0 saturated carbocycles. The van der Waals surface area contributed by atoms with Crippen molar-refractivity contribution in [2.45, 2.75) is 58.3 Å². The first kappa shape index (κ1) is 21.7. The third-order valence-electron chi connectivity index (χ3n) is 4.52. The third-order valence-corrected chi connectivity index (χ3v) is 6.80. The SMILES string of the molecule is CCCC/C=C/CSCCC1CSCC1CCCC/C=C/C(=O)O. The number of unbranched alkanes of at least 4 members (excludes halogenated alkanes) is 4. The van der Waals surface area contributed by atoms with Crippen molar-refractivity contribution in [2.75, 3.05) is 23.0 Å². The second-order valence-electron chi connectivity index (χ2n) is 6.56. The molecule has 0 bridgehead atoms. The van der Waals surface area contributed by atoms with Crippen LogP contribution in [0.1, 0.15) is 58.3 Å². The van der Waals surface area contributed by atoms with E-state index in [1.54, 1.807) is 6.08 Å². The summed E-state index contributed by atoms with van der Waals surface area (Å²) in [6.07, 6.45) is 17.5. The van der Waals surface area contributed by atoms with Crippen molar-refractivity contribution in [1.29, 1.82) is 0 Å². The van der Waals surface area contributed by atoms with Crippen LogP contribution in [0.4, 0.5) is 0 Å². The molecule has 0 aromatic heterocycles. The lowest BCUT2D eigenvalue weighted by molar-refractivity contribution is -0.131. The molecule has 1 aliphatic rings. The van der Waals surface area contributed by atoms with Crippen LogP contribution in [0.5, 0.6) is 0 Å². The molecule has 138 valence electrons. The fourth-order valence-electron chi connectivity index (χ4n) is 3.03. The maximum absolute atomic E-state index is 10.4. The fourth-order valence-corrected chi connectivity index (χ4v) is 5.56. The molecule has 2 nitrogen and oxygen atoms in total. The number of carboxylic acid groups (broad SMARTS) is 1. The van der Waals surface area contributed by atoms with Gasteiger partial charge in [0.05, 0.1) is 0 Å². The maximum atomic E-state index is 10.4. The average molecular weight is 371 g/mol. The lowest BCUT2D eigenvalue weighted by Gasteiger charge is -2.18. The molecule has 1 heterocycles. The van der Waals surface area contributed by atoms with Crippen LogP contribution in [0.15, 0.2) is 24.3 Å². The molecule has 0 spiro atoms. The third kappa shape index (κ3) is 11.2. The number of allylic oxidation sites excluding steroid dienone is 2. The summed E-state index contributed by atoms with van der Waals surface area (Å²) in [5.74, 6) is 6.10. The summed E-state index contributed by atoms with van der Waals surface area (Å²) in [5, 5.41) is 8.56. The number of rotatable bonds is 14. The van der Waals surface area contributed by atoms with Crippen LogP contribution >= 0.6 is 23.5 Å². The molecule has 0 radical (unpaired) electrons. The van der Waals surface area contributed by atoms with Gasteiger partial charge in [-0.2, -0.15) is 23.5 Å². The van der Waals surface area contributed by atoms with Crippen LogP contribution in [-0.4, -0.2) is 34.1 Å². The molecule has 4 heteroatoms. The number of carbonyl (C=O) groups is 1. The van der Waals surface area contributed by atoms with Crippen molar-refractivity contribution >= 4 is 29.5 Å². The van der Waals surface area contributed by atoms with E-state index in [9.17, 15) is 4.79 Å². The largest absolute Gasteiger partial charge is 0.478 e. The summed E-state index contributed by atoms with van der Waals surface area (Å²) in [6.45, 7) is 2.24. The minimum atomic E-state index is -0.833. The molecule has 2 unspecified atom stereocenters. The Bertz CT molecular complexity index is 380. The van der Waals surface area contributed by atoms with E-state index in [0.717, 1.165) is 24.7 Å². The minimum Gasteiger partial charge on any atom is -0.478 e. The van der Waals surface area contributed by atoms with Gasteiger partial charge in [-0.1, -0.05) is 44.4 Å². The molecule has 1 rings (SSSR count). The van der Waals surface area contributed by atoms with Gasteiger partial charge in [-0.05, 0) is 61.2 Å². The van der Waals surface area contributed by atoms with Gasteiger partial charge in [0, 0.05) is 11.8 Å². The molecule has 1 aliphatic heterocycles. The van der Waals surface area contributed by atoms with Crippen LogP contribution in [0.25, 0.3) is 0 Å². The van der Waals surface area contributed by atoms with E-state index in [2.05, 4.69) is 42.6 Å². The second-order valence-corrected chi connectivity index (χ2v) is 8.78. The number of thioether (sulfide) groups is 2. The number of carboxylic acids is 1. The van der Waals surface area contributed by atoms with Gasteiger partial charge >= 0.3 is 5.97 Å². The van der Waals surface area contributed by atoms with Crippen LogP contribution in [0.2, 0.25) is 0 Å². The molecule has 1 N–H and O–H groups in total.